The van der Waals surface area contributed by atoms with Crippen LogP contribution < -0.4 is 0 Å². The Morgan fingerprint density at radius 2 is 1.35 bits per heavy atom. The molecule has 0 aliphatic heterocycles. The second-order valence-electron chi connectivity index (χ2n) is 8.46. The van der Waals surface area contributed by atoms with Crippen LogP contribution in [0.15, 0.2) is 0 Å². The Kier molecular flexibility index (Phi) is 8.77. The fourth-order valence-corrected chi connectivity index (χ4v) is 2.31. The zero-order valence-electron chi connectivity index (χ0n) is 14.3. The second kappa shape index (κ2) is 8.65. The number of hydrogen-bond donors (Lipinski definition) is 3. The fraction of sp³-hybridized carbons (Fsp3) is 1.00. The molecule has 0 amide bonds. The molecule has 0 saturated carbocycles. The highest BCUT2D eigenvalue weighted by Crippen LogP contribution is 2.29. The molecular formula is C17H36O2S. The van der Waals surface area contributed by atoms with Gasteiger partial charge in [-0.15, -0.1) is 0 Å². The van der Waals surface area contributed by atoms with E-state index in [-0.39, 0.29) is 28.3 Å². The minimum Gasteiger partial charge on any atom is -0.393 e. The summed E-state index contributed by atoms with van der Waals surface area (Å²) < 4.78 is 0. The summed E-state index contributed by atoms with van der Waals surface area (Å²) in [5.41, 5.74) is 0.406. The molecule has 0 heterocycles. The lowest BCUT2D eigenvalue weighted by atomic mass is 9.87. The standard InChI is InChI=1S/C17H36O2S/c1-16(2,3)11-10-13(18)8-7-9-14(19)12-15(20)17(4,5)6/h13-15,18-20H,7-12H2,1-6H3. The van der Waals surface area contributed by atoms with Crippen molar-refractivity contribution < 1.29 is 10.2 Å². The van der Waals surface area contributed by atoms with Gasteiger partial charge in [0.2, 0.25) is 0 Å². The molecule has 0 saturated heterocycles. The van der Waals surface area contributed by atoms with E-state index in [0.29, 0.717) is 0 Å². The third kappa shape index (κ3) is 11.0. The topological polar surface area (TPSA) is 40.5 Å². The van der Waals surface area contributed by atoms with Crippen molar-refractivity contribution in [2.24, 2.45) is 10.8 Å². The van der Waals surface area contributed by atoms with E-state index in [4.69, 9.17) is 0 Å². The second-order valence-corrected chi connectivity index (χ2v) is 9.08. The molecule has 0 fully saturated rings. The van der Waals surface area contributed by atoms with E-state index in [1.54, 1.807) is 0 Å². The Bertz CT molecular complexity index is 253. The van der Waals surface area contributed by atoms with Crippen LogP contribution in [0.3, 0.4) is 0 Å². The molecule has 3 unspecified atom stereocenters. The molecule has 2 N–H and O–H groups in total. The molecule has 0 aromatic rings. The summed E-state index contributed by atoms with van der Waals surface area (Å²) in [5.74, 6) is 0. The molecule has 3 heteroatoms. The molecule has 2 nitrogen and oxygen atoms in total. The van der Waals surface area contributed by atoms with Crippen LogP contribution in [0.2, 0.25) is 0 Å². The van der Waals surface area contributed by atoms with E-state index in [9.17, 15) is 10.2 Å². The molecule has 0 aliphatic rings. The molecule has 3 atom stereocenters. The Hall–Kier alpha value is 0.270. The van der Waals surface area contributed by atoms with Gasteiger partial charge in [0.1, 0.15) is 0 Å². The van der Waals surface area contributed by atoms with Gasteiger partial charge in [0.25, 0.3) is 0 Å². The van der Waals surface area contributed by atoms with Crippen LogP contribution in [0.1, 0.15) is 80.1 Å². The van der Waals surface area contributed by atoms with Gasteiger partial charge in [-0.25, -0.2) is 0 Å². The van der Waals surface area contributed by atoms with Crippen molar-refractivity contribution in [3.8, 4) is 0 Å². The summed E-state index contributed by atoms with van der Waals surface area (Å²) in [6.07, 6.45) is 4.54. The van der Waals surface area contributed by atoms with Crippen molar-refractivity contribution in [2.45, 2.75) is 97.5 Å². The Morgan fingerprint density at radius 3 is 1.80 bits per heavy atom. The summed E-state index contributed by atoms with van der Waals surface area (Å²) >= 11 is 4.57. The lowest BCUT2D eigenvalue weighted by molar-refractivity contribution is 0.111. The lowest BCUT2D eigenvalue weighted by Gasteiger charge is -2.28. The van der Waals surface area contributed by atoms with Crippen molar-refractivity contribution >= 4 is 12.6 Å². The quantitative estimate of drug-likeness (QED) is 0.580. The fourth-order valence-electron chi connectivity index (χ4n) is 2.06. The van der Waals surface area contributed by atoms with Crippen molar-refractivity contribution in [3.63, 3.8) is 0 Å². The molecular weight excluding hydrogens is 268 g/mol. The van der Waals surface area contributed by atoms with Gasteiger partial charge in [-0.2, -0.15) is 12.6 Å². The van der Waals surface area contributed by atoms with Gasteiger partial charge in [0.15, 0.2) is 0 Å². The van der Waals surface area contributed by atoms with Gasteiger partial charge in [0, 0.05) is 5.25 Å². The van der Waals surface area contributed by atoms with E-state index in [1.165, 1.54) is 0 Å². The molecule has 122 valence electrons. The predicted octanol–water partition coefficient (Wildman–Crippen LogP) is 4.44. The maximum atomic E-state index is 10.0. The zero-order chi connectivity index (χ0) is 16.0. The van der Waals surface area contributed by atoms with Crippen LogP contribution in [0.4, 0.5) is 0 Å². The summed E-state index contributed by atoms with van der Waals surface area (Å²) in [5, 5.41) is 20.2. The highest BCUT2D eigenvalue weighted by Gasteiger charge is 2.23. The minimum atomic E-state index is -0.299. The summed E-state index contributed by atoms with van der Waals surface area (Å²) in [6, 6.07) is 0. The molecule has 0 radical (unpaired) electrons. The number of thiol groups is 1. The Balaban J connectivity index is 3.78. The highest BCUT2D eigenvalue weighted by molar-refractivity contribution is 7.81. The van der Waals surface area contributed by atoms with E-state index in [2.05, 4.69) is 54.2 Å². The first-order valence-electron chi connectivity index (χ1n) is 7.96. The van der Waals surface area contributed by atoms with Crippen LogP contribution in [0.5, 0.6) is 0 Å². The van der Waals surface area contributed by atoms with Crippen LogP contribution in [-0.4, -0.2) is 27.7 Å². The number of rotatable bonds is 8. The SMILES string of the molecule is CC(C)(C)CCC(O)CCCC(O)CC(S)C(C)(C)C. The zero-order valence-corrected chi connectivity index (χ0v) is 15.2. The first-order chi connectivity index (χ1) is 8.92. The summed E-state index contributed by atoms with van der Waals surface area (Å²) in [7, 11) is 0. The molecule has 0 spiro atoms. The Labute approximate surface area is 131 Å². The van der Waals surface area contributed by atoms with Gasteiger partial charge >= 0.3 is 0 Å². The van der Waals surface area contributed by atoms with E-state index < -0.39 is 0 Å². The van der Waals surface area contributed by atoms with Crippen LogP contribution in [-0.2, 0) is 0 Å². The van der Waals surface area contributed by atoms with Gasteiger partial charge in [-0.1, -0.05) is 41.5 Å². The average molecular weight is 305 g/mol. The normalized spacial score (nSPS) is 17.9. The minimum absolute atomic E-state index is 0.121. The van der Waals surface area contributed by atoms with Crippen LogP contribution >= 0.6 is 12.6 Å². The smallest absolute Gasteiger partial charge is 0.0551 e. The van der Waals surface area contributed by atoms with Crippen molar-refractivity contribution in [2.75, 3.05) is 0 Å². The van der Waals surface area contributed by atoms with Crippen molar-refractivity contribution in [1.82, 2.24) is 0 Å². The van der Waals surface area contributed by atoms with Crippen LogP contribution in [0, 0.1) is 10.8 Å². The average Bonchev–Trinajstić information content (AvgIpc) is 2.24. The summed E-state index contributed by atoms with van der Waals surface area (Å²) in [4.78, 5) is 0. The lowest BCUT2D eigenvalue weighted by Crippen LogP contribution is -2.26. The Morgan fingerprint density at radius 1 is 0.850 bits per heavy atom. The van der Waals surface area contributed by atoms with Gasteiger partial charge < -0.3 is 10.2 Å². The highest BCUT2D eigenvalue weighted by atomic mass is 32.1. The van der Waals surface area contributed by atoms with Crippen LogP contribution in [0.25, 0.3) is 0 Å². The molecule has 0 aromatic heterocycles. The largest absolute Gasteiger partial charge is 0.393 e. The van der Waals surface area contributed by atoms with E-state index >= 15 is 0 Å². The van der Waals surface area contributed by atoms with Crippen molar-refractivity contribution in [1.29, 1.82) is 0 Å². The maximum Gasteiger partial charge on any atom is 0.0551 e. The summed E-state index contributed by atoms with van der Waals surface area (Å²) in [6.45, 7) is 13.0. The third-order valence-electron chi connectivity index (χ3n) is 3.80. The molecule has 20 heavy (non-hydrogen) atoms. The van der Waals surface area contributed by atoms with Gasteiger partial charge in [-0.3, -0.25) is 0 Å². The maximum absolute atomic E-state index is 10.0. The molecule has 0 aromatic carbocycles. The monoisotopic (exact) mass is 304 g/mol. The van der Waals surface area contributed by atoms with Crippen molar-refractivity contribution in [3.05, 3.63) is 0 Å². The third-order valence-corrected chi connectivity index (χ3v) is 4.78. The first kappa shape index (κ1) is 20.3. The van der Waals surface area contributed by atoms with Gasteiger partial charge in [0.05, 0.1) is 12.2 Å². The number of aliphatic hydroxyl groups is 2. The van der Waals surface area contributed by atoms with Gasteiger partial charge in [-0.05, 0) is 49.4 Å². The first-order valence-corrected chi connectivity index (χ1v) is 8.47. The molecule has 0 rings (SSSR count). The molecule has 0 bridgehead atoms. The number of hydrogen-bond acceptors (Lipinski definition) is 3. The number of aliphatic hydroxyl groups excluding tert-OH is 2. The van der Waals surface area contributed by atoms with E-state index in [0.717, 1.165) is 38.5 Å². The predicted molar refractivity (Wildman–Crippen MR) is 91.4 cm³/mol. The molecule has 0 aliphatic carbocycles. The van der Waals surface area contributed by atoms with E-state index in [1.807, 2.05) is 0 Å².